The van der Waals surface area contributed by atoms with Crippen molar-refractivity contribution >= 4 is 5.78 Å². The van der Waals surface area contributed by atoms with Gasteiger partial charge in [-0.15, -0.1) is 0 Å². The Bertz CT molecular complexity index is 490. The number of ether oxygens (including phenoxy) is 1. The summed E-state index contributed by atoms with van der Waals surface area (Å²) >= 11 is 0. The summed E-state index contributed by atoms with van der Waals surface area (Å²) in [7, 11) is 1.59. The Kier molecular flexibility index (Phi) is 3.63. The molecule has 4 atom stereocenters. The molecule has 0 radical (unpaired) electrons. The minimum atomic E-state index is -0.817. The molecule has 1 aromatic carbocycles. The molecule has 3 heterocycles. The third-order valence-electron chi connectivity index (χ3n) is 4.89. The molecular formula is C16H21NO3. The minimum Gasteiger partial charge on any atom is -0.394 e. The van der Waals surface area contributed by atoms with E-state index in [1.807, 2.05) is 18.2 Å². The Morgan fingerprint density at radius 1 is 1.35 bits per heavy atom. The summed E-state index contributed by atoms with van der Waals surface area (Å²) in [4.78, 5) is 15.0. The van der Waals surface area contributed by atoms with Crippen molar-refractivity contribution in [2.24, 2.45) is 5.92 Å². The van der Waals surface area contributed by atoms with E-state index in [1.54, 1.807) is 7.11 Å². The summed E-state index contributed by atoms with van der Waals surface area (Å²) < 4.78 is 5.22. The fourth-order valence-electron chi connectivity index (χ4n) is 3.82. The van der Waals surface area contributed by atoms with Gasteiger partial charge >= 0.3 is 0 Å². The van der Waals surface area contributed by atoms with Crippen LogP contribution in [-0.2, 0) is 9.53 Å². The molecule has 0 aliphatic carbocycles. The zero-order valence-corrected chi connectivity index (χ0v) is 11.8. The van der Waals surface area contributed by atoms with Crippen LogP contribution in [0.4, 0.5) is 0 Å². The molecule has 0 spiro atoms. The van der Waals surface area contributed by atoms with Crippen LogP contribution in [0.1, 0.15) is 17.9 Å². The number of methoxy groups -OCH3 is 1. The molecule has 0 saturated carbocycles. The van der Waals surface area contributed by atoms with E-state index in [0.717, 1.165) is 19.5 Å². The number of aliphatic hydroxyl groups is 1. The number of nitrogens with zero attached hydrogens (tertiary/aromatic N) is 1. The second-order valence-corrected chi connectivity index (χ2v) is 5.85. The molecule has 4 nitrogen and oxygen atoms in total. The quantitative estimate of drug-likeness (QED) is 0.892. The average Bonchev–Trinajstić information content (AvgIpc) is 2.52. The first-order valence-corrected chi connectivity index (χ1v) is 7.17. The van der Waals surface area contributed by atoms with Crippen molar-refractivity contribution in [3.05, 3.63) is 35.9 Å². The smallest absolute Gasteiger partial charge is 0.161 e. The van der Waals surface area contributed by atoms with Crippen molar-refractivity contribution in [3.8, 4) is 0 Å². The van der Waals surface area contributed by atoms with Crippen molar-refractivity contribution in [3.63, 3.8) is 0 Å². The van der Waals surface area contributed by atoms with Crippen LogP contribution in [-0.4, -0.2) is 54.7 Å². The van der Waals surface area contributed by atoms with Crippen LogP contribution in [0.5, 0.6) is 0 Å². The Morgan fingerprint density at radius 2 is 2.10 bits per heavy atom. The highest BCUT2D eigenvalue weighted by molar-refractivity contribution is 5.93. The Balaban J connectivity index is 1.92. The number of hydrogen-bond acceptors (Lipinski definition) is 4. The largest absolute Gasteiger partial charge is 0.394 e. The van der Waals surface area contributed by atoms with Gasteiger partial charge in [-0.1, -0.05) is 30.3 Å². The van der Waals surface area contributed by atoms with Gasteiger partial charge in [0, 0.05) is 32.0 Å². The molecular weight excluding hydrogens is 254 g/mol. The Morgan fingerprint density at radius 3 is 2.70 bits per heavy atom. The first-order valence-electron chi connectivity index (χ1n) is 7.17. The van der Waals surface area contributed by atoms with E-state index in [4.69, 9.17) is 4.74 Å². The number of aliphatic hydroxyl groups excluding tert-OH is 1. The molecule has 108 valence electrons. The van der Waals surface area contributed by atoms with E-state index < -0.39 is 5.54 Å². The van der Waals surface area contributed by atoms with E-state index in [9.17, 15) is 9.90 Å². The van der Waals surface area contributed by atoms with E-state index in [-0.39, 0.29) is 30.8 Å². The van der Waals surface area contributed by atoms with Gasteiger partial charge in [-0.25, -0.2) is 0 Å². The van der Waals surface area contributed by atoms with Crippen LogP contribution in [0.2, 0.25) is 0 Å². The summed E-state index contributed by atoms with van der Waals surface area (Å²) in [5.41, 5.74) is 0.405. The van der Waals surface area contributed by atoms with E-state index in [2.05, 4.69) is 17.0 Å². The molecule has 4 heteroatoms. The molecule has 4 rings (SSSR count). The number of fused-ring (bicyclic) bond motifs is 3. The van der Waals surface area contributed by atoms with E-state index in [1.165, 1.54) is 5.56 Å². The number of Topliss-reactive ketones (excluding diaryl/α,β-unsaturated/α-hetero) is 1. The summed E-state index contributed by atoms with van der Waals surface area (Å²) in [5.74, 6) is 0.395. The summed E-state index contributed by atoms with van der Waals surface area (Å²) in [5, 5.41) is 9.78. The highest BCUT2D eigenvalue weighted by Crippen LogP contribution is 2.44. The molecule has 1 aromatic rings. The lowest BCUT2D eigenvalue weighted by Crippen LogP contribution is -2.70. The van der Waals surface area contributed by atoms with Crippen LogP contribution in [0.3, 0.4) is 0 Å². The van der Waals surface area contributed by atoms with E-state index in [0.29, 0.717) is 0 Å². The first kappa shape index (κ1) is 13.7. The number of piperidine rings is 3. The standard InChI is InChI=1S/C16H21NO3/c1-20-11-16(10-18)15(19)13-7-8-17(16)9-14(13)12-5-3-2-4-6-12/h2-6,13-14,18H,7-11H2,1H3. The maximum Gasteiger partial charge on any atom is 0.161 e. The Hall–Kier alpha value is -1.23. The van der Waals surface area contributed by atoms with Crippen molar-refractivity contribution in [2.75, 3.05) is 33.4 Å². The first-order chi connectivity index (χ1) is 9.73. The number of carbonyl (C=O) groups is 1. The van der Waals surface area contributed by atoms with Crippen LogP contribution < -0.4 is 0 Å². The molecule has 1 N–H and O–H groups in total. The SMILES string of the molecule is COCC1(CO)C(=O)C2CCN1CC2c1ccccc1. The zero-order valence-electron chi connectivity index (χ0n) is 11.8. The van der Waals surface area contributed by atoms with Gasteiger partial charge in [0.05, 0.1) is 13.2 Å². The topological polar surface area (TPSA) is 49.8 Å². The highest BCUT2D eigenvalue weighted by Gasteiger charge is 2.56. The molecule has 0 amide bonds. The number of ketones is 1. The van der Waals surface area contributed by atoms with Crippen LogP contribution in [0.25, 0.3) is 0 Å². The molecule has 3 fully saturated rings. The molecule has 3 aliphatic rings. The van der Waals surface area contributed by atoms with E-state index >= 15 is 0 Å². The molecule has 4 unspecified atom stereocenters. The number of benzene rings is 1. The van der Waals surface area contributed by atoms with Crippen molar-refractivity contribution in [2.45, 2.75) is 17.9 Å². The summed E-state index contributed by atoms with van der Waals surface area (Å²) in [6, 6.07) is 10.2. The molecule has 2 bridgehead atoms. The maximum absolute atomic E-state index is 12.8. The van der Waals surface area contributed by atoms with Crippen molar-refractivity contribution in [1.29, 1.82) is 0 Å². The molecule has 0 aromatic heterocycles. The van der Waals surface area contributed by atoms with Gasteiger partial charge in [0.2, 0.25) is 0 Å². The fourth-order valence-corrected chi connectivity index (χ4v) is 3.82. The second-order valence-electron chi connectivity index (χ2n) is 5.85. The molecule has 3 saturated heterocycles. The Labute approximate surface area is 119 Å². The monoisotopic (exact) mass is 275 g/mol. The number of carbonyl (C=O) groups excluding carboxylic acids is 1. The lowest BCUT2D eigenvalue weighted by Gasteiger charge is -2.54. The second kappa shape index (κ2) is 5.28. The maximum atomic E-state index is 12.8. The van der Waals surface area contributed by atoms with Crippen molar-refractivity contribution < 1.29 is 14.6 Å². The normalized spacial score (nSPS) is 36.3. The van der Waals surface area contributed by atoms with Gasteiger partial charge in [-0.3, -0.25) is 9.69 Å². The zero-order chi connectivity index (χ0) is 14.2. The summed E-state index contributed by atoms with van der Waals surface area (Å²) in [6.45, 7) is 1.81. The van der Waals surface area contributed by atoms with Crippen molar-refractivity contribution in [1.82, 2.24) is 4.90 Å². The predicted octanol–water partition coefficient (Wildman–Crippen LogP) is 1.05. The minimum absolute atomic E-state index is 0.00435. The van der Waals surface area contributed by atoms with Gasteiger partial charge in [0.15, 0.2) is 5.78 Å². The third-order valence-corrected chi connectivity index (χ3v) is 4.89. The lowest BCUT2D eigenvalue weighted by atomic mass is 9.67. The van der Waals surface area contributed by atoms with Gasteiger partial charge in [-0.2, -0.15) is 0 Å². The third kappa shape index (κ3) is 1.91. The molecule has 20 heavy (non-hydrogen) atoms. The summed E-state index contributed by atoms with van der Waals surface area (Å²) in [6.07, 6.45) is 0.879. The highest BCUT2D eigenvalue weighted by atomic mass is 16.5. The molecule has 3 aliphatic heterocycles. The van der Waals surface area contributed by atoms with Crippen LogP contribution >= 0.6 is 0 Å². The van der Waals surface area contributed by atoms with Gasteiger partial charge < -0.3 is 9.84 Å². The number of hydrogen-bond donors (Lipinski definition) is 1. The fraction of sp³-hybridized carbons (Fsp3) is 0.562. The van der Waals surface area contributed by atoms with Crippen LogP contribution in [0, 0.1) is 5.92 Å². The van der Waals surface area contributed by atoms with Gasteiger partial charge in [0.25, 0.3) is 0 Å². The number of rotatable bonds is 4. The predicted molar refractivity (Wildman–Crippen MR) is 75.6 cm³/mol. The lowest BCUT2D eigenvalue weighted by molar-refractivity contribution is -0.160. The average molecular weight is 275 g/mol. The van der Waals surface area contributed by atoms with Gasteiger partial charge in [-0.05, 0) is 12.0 Å². The van der Waals surface area contributed by atoms with Crippen LogP contribution in [0.15, 0.2) is 30.3 Å². The van der Waals surface area contributed by atoms with Gasteiger partial charge in [0.1, 0.15) is 5.54 Å².